The number of hydrogen-bond donors (Lipinski definition) is 1. The molecule has 0 aliphatic carbocycles. The van der Waals surface area contributed by atoms with Crippen LogP contribution < -0.4 is 5.32 Å². The fourth-order valence-corrected chi connectivity index (χ4v) is 3.49. The van der Waals surface area contributed by atoms with Crippen molar-refractivity contribution in [2.24, 2.45) is 0 Å². The van der Waals surface area contributed by atoms with Crippen LogP contribution in [0.4, 0.5) is 5.95 Å². The van der Waals surface area contributed by atoms with Gasteiger partial charge in [0.25, 0.3) is 5.91 Å². The predicted molar refractivity (Wildman–Crippen MR) is 96.7 cm³/mol. The van der Waals surface area contributed by atoms with E-state index >= 15 is 0 Å². The molecule has 7 heteroatoms. The number of nitrogens with zero attached hydrogens (tertiary/aromatic N) is 4. The number of likely N-dealkylation sites (tertiary alicyclic amines) is 1. The van der Waals surface area contributed by atoms with Crippen molar-refractivity contribution in [1.29, 1.82) is 0 Å². The van der Waals surface area contributed by atoms with Crippen molar-refractivity contribution in [2.75, 3.05) is 51.2 Å². The van der Waals surface area contributed by atoms with Gasteiger partial charge in [0, 0.05) is 45.2 Å². The van der Waals surface area contributed by atoms with E-state index in [9.17, 15) is 4.79 Å². The predicted octanol–water partition coefficient (Wildman–Crippen LogP) is 1.63. The van der Waals surface area contributed by atoms with Crippen molar-refractivity contribution in [3.63, 3.8) is 0 Å². The fourth-order valence-electron chi connectivity index (χ4n) is 3.49. The van der Waals surface area contributed by atoms with Crippen LogP contribution in [-0.4, -0.2) is 77.7 Å². The number of amides is 1. The molecule has 1 atom stereocenters. The van der Waals surface area contributed by atoms with Gasteiger partial charge in [0.1, 0.15) is 0 Å². The highest BCUT2D eigenvalue weighted by molar-refractivity contribution is 5.93. The van der Waals surface area contributed by atoms with Crippen molar-refractivity contribution in [1.82, 2.24) is 19.8 Å². The van der Waals surface area contributed by atoms with Crippen molar-refractivity contribution < 1.29 is 9.53 Å². The lowest BCUT2D eigenvalue weighted by atomic mass is 10.1. The molecule has 2 fully saturated rings. The Balaban J connectivity index is 1.60. The van der Waals surface area contributed by atoms with Gasteiger partial charge in [0.2, 0.25) is 5.95 Å². The van der Waals surface area contributed by atoms with Gasteiger partial charge >= 0.3 is 0 Å². The topological polar surface area (TPSA) is 70.6 Å². The van der Waals surface area contributed by atoms with E-state index in [1.165, 1.54) is 19.3 Å². The third kappa shape index (κ3) is 5.12. The molecule has 2 aliphatic heterocycles. The molecule has 2 aliphatic rings. The average Bonchev–Trinajstić information content (AvgIpc) is 2.88. The summed E-state index contributed by atoms with van der Waals surface area (Å²) in [6, 6.07) is 0. The molecule has 138 valence electrons. The molecule has 1 amide bonds. The maximum absolute atomic E-state index is 12.8. The maximum atomic E-state index is 12.8. The Bertz CT molecular complexity index is 545. The first kappa shape index (κ1) is 18.1. The van der Waals surface area contributed by atoms with Crippen LogP contribution in [0.3, 0.4) is 0 Å². The van der Waals surface area contributed by atoms with Crippen molar-refractivity contribution in [3.05, 3.63) is 18.0 Å². The number of piperidine rings is 1. The Labute approximate surface area is 149 Å². The molecular formula is C18H29N5O2. The first-order valence-corrected chi connectivity index (χ1v) is 9.45. The van der Waals surface area contributed by atoms with Gasteiger partial charge in [-0.15, -0.1) is 0 Å². The normalized spacial score (nSPS) is 22.4. The Morgan fingerprint density at radius 2 is 1.96 bits per heavy atom. The lowest BCUT2D eigenvalue weighted by molar-refractivity contribution is 0.0216. The van der Waals surface area contributed by atoms with Gasteiger partial charge in [0.05, 0.1) is 11.7 Å². The molecule has 0 saturated carbocycles. The number of aromatic nitrogens is 2. The van der Waals surface area contributed by atoms with E-state index in [0.717, 1.165) is 45.8 Å². The van der Waals surface area contributed by atoms with Gasteiger partial charge in [-0.25, -0.2) is 9.97 Å². The maximum Gasteiger partial charge on any atom is 0.257 e. The van der Waals surface area contributed by atoms with Gasteiger partial charge in [-0.3, -0.25) is 4.79 Å². The molecular weight excluding hydrogens is 318 g/mol. The molecule has 0 aromatic carbocycles. The summed E-state index contributed by atoms with van der Waals surface area (Å²) in [6.45, 7) is 8.05. The third-order valence-electron chi connectivity index (χ3n) is 4.78. The summed E-state index contributed by atoms with van der Waals surface area (Å²) in [5.41, 5.74) is 0.542. The molecule has 2 saturated heterocycles. The highest BCUT2D eigenvalue weighted by atomic mass is 16.5. The summed E-state index contributed by atoms with van der Waals surface area (Å²) in [4.78, 5) is 25.6. The van der Waals surface area contributed by atoms with Crippen LogP contribution in [0.1, 0.15) is 43.0 Å². The van der Waals surface area contributed by atoms with E-state index in [4.69, 9.17) is 4.74 Å². The molecule has 25 heavy (non-hydrogen) atoms. The minimum atomic E-state index is -0.00260. The first-order valence-electron chi connectivity index (χ1n) is 9.45. The molecule has 0 spiro atoms. The number of nitrogens with one attached hydrogen (secondary N) is 1. The third-order valence-corrected chi connectivity index (χ3v) is 4.78. The zero-order valence-corrected chi connectivity index (χ0v) is 15.1. The van der Waals surface area contributed by atoms with Crippen LogP contribution in [0, 0.1) is 0 Å². The Morgan fingerprint density at radius 3 is 2.68 bits per heavy atom. The smallest absolute Gasteiger partial charge is 0.257 e. The molecule has 0 unspecified atom stereocenters. The Hall–Kier alpha value is -1.73. The van der Waals surface area contributed by atoms with Crippen LogP contribution in [0.2, 0.25) is 0 Å². The molecule has 7 nitrogen and oxygen atoms in total. The summed E-state index contributed by atoms with van der Waals surface area (Å²) in [7, 11) is 0. The minimum absolute atomic E-state index is 0.00260. The quantitative estimate of drug-likeness (QED) is 0.873. The van der Waals surface area contributed by atoms with Crippen LogP contribution >= 0.6 is 0 Å². The average molecular weight is 347 g/mol. The number of carbonyl (C=O) groups is 1. The highest BCUT2D eigenvalue weighted by Gasteiger charge is 2.26. The molecule has 1 aromatic heterocycles. The SMILES string of the molecule is CCNc1ncc(C(=O)N2CCCO[C@@H](CN3CCCCC3)C2)cn1. The van der Waals surface area contributed by atoms with Crippen molar-refractivity contribution in [3.8, 4) is 0 Å². The van der Waals surface area contributed by atoms with Crippen LogP contribution in [0.15, 0.2) is 12.4 Å². The van der Waals surface area contributed by atoms with E-state index in [0.29, 0.717) is 18.1 Å². The Kier molecular flexibility index (Phi) is 6.58. The lowest BCUT2D eigenvalue weighted by Crippen LogP contribution is -2.43. The standard InChI is InChI=1S/C18H29N5O2/c1-2-19-18-20-11-15(12-21-18)17(24)23-9-6-10-25-16(14-23)13-22-7-4-3-5-8-22/h11-12,16H,2-10,13-14H2,1H3,(H,19,20,21)/t16-/m0/s1. The Morgan fingerprint density at radius 1 is 1.20 bits per heavy atom. The van der Waals surface area contributed by atoms with Gasteiger partial charge in [0.15, 0.2) is 0 Å². The number of rotatable bonds is 5. The summed E-state index contributed by atoms with van der Waals surface area (Å²) in [5.74, 6) is 0.554. The van der Waals surface area contributed by atoms with Crippen LogP contribution in [0.5, 0.6) is 0 Å². The molecule has 3 rings (SSSR count). The second-order valence-corrected chi connectivity index (χ2v) is 6.78. The van der Waals surface area contributed by atoms with E-state index in [1.807, 2.05) is 11.8 Å². The van der Waals surface area contributed by atoms with Crippen molar-refractivity contribution >= 4 is 11.9 Å². The monoisotopic (exact) mass is 347 g/mol. The first-order chi connectivity index (χ1) is 12.3. The van der Waals surface area contributed by atoms with E-state index in [2.05, 4.69) is 20.2 Å². The summed E-state index contributed by atoms with van der Waals surface area (Å²) < 4.78 is 6.00. The summed E-state index contributed by atoms with van der Waals surface area (Å²) in [6.07, 6.45) is 8.05. The number of carbonyl (C=O) groups excluding carboxylic acids is 1. The molecule has 3 heterocycles. The molecule has 1 N–H and O–H groups in total. The van der Waals surface area contributed by atoms with Crippen LogP contribution in [0.25, 0.3) is 0 Å². The number of hydrogen-bond acceptors (Lipinski definition) is 6. The number of anilines is 1. The van der Waals surface area contributed by atoms with E-state index < -0.39 is 0 Å². The second kappa shape index (κ2) is 9.10. The van der Waals surface area contributed by atoms with Gasteiger partial charge in [-0.1, -0.05) is 6.42 Å². The molecule has 0 bridgehead atoms. The van der Waals surface area contributed by atoms with Gasteiger partial charge in [-0.2, -0.15) is 0 Å². The van der Waals surface area contributed by atoms with E-state index in [-0.39, 0.29) is 12.0 Å². The summed E-state index contributed by atoms with van der Waals surface area (Å²) >= 11 is 0. The highest BCUT2D eigenvalue weighted by Crippen LogP contribution is 2.14. The van der Waals surface area contributed by atoms with E-state index in [1.54, 1.807) is 12.4 Å². The lowest BCUT2D eigenvalue weighted by Gasteiger charge is -2.31. The second-order valence-electron chi connectivity index (χ2n) is 6.78. The summed E-state index contributed by atoms with van der Waals surface area (Å²) in [5, 5.41) is 3.04. The zero-order valence-electron chi connectivity index (χ0n) is 15.1. The fraction of sp³-hybridized carbons (Fsp3) is 0.722. The van der Waals surface area contributed by atoms with Crippen molar-refractivity contribution in [2.45, 2.75) is 38.7 Å². The minimum Gasteiger partial charge on any atom is -0.375 e. The van der Waals surface area contributed by atoms with Gasteiger partial charge in [-0.05, 0) is 39.3 Å². The number of ether oxygens (including phenoxy) is 1. The molecule has 0 radical (unpaired) electrons. The van der Waals surface area contributed by atoms with Crippen LogP contribution in [-0.2, 0) is 4.74 Å². The zero-order chi connectivity index (χ0) is 17.5. The largest absolute Gasteiger partial charge is 0.375 e. The van der Waals surface area contributed by atoms with Gasteiger partial charge < -0.3 is 19.9 Å². The molecule has 1 aromatic rings.